The van der Waals surface area contributed by atoms with Gasteiger partial charge in [0.05, 0.1) is 0 Å². The second-order valence-corrected chi connectivity index (χ2v) is 7.44. The molecule has 2 saturated heterocycles. The molecule has 2 aromatic carbocycles. The van der Waals surface area contributed by atoms with E-state index in [1.165, 1.54) is 0 Å². The Morgan fingerprint density at radius 2 is 1.93 bits per heavy atom. The van der Waals surface area contributed by atoms with Crippen LogP contribution in [0.15, 0.2) is 54.6 Å². The van der Waals surface area contributed by atoms with Crippen LogP contribution in [-0.4, -0.2) is 34.6 Å². The highest BCUT2D eigenvalue weighted by molar-refractivity contribution is 6.28. The molecule has 1 unspecified atom stereocenters. The smallest absolute Gasteiger partial charge is 0.244 e. The van der Waals surface area contributed by atoms with Gasteiger partial charge < -0.3 is 10.2 Å². The van der Waals surface area contributed by atoms with Crippen molar-refractivity contribution in [1.82, 2.24) is 4.90 Å². The second-order valence-electron chi connectivity index (χ2n) is 7.44. The van der Waals surface area contributed by atoms with Gasteiger partial charge >= 0.3 is 0 Å². The van der Waals surface area contributed by atoms with Crippen LogP contribution in [0.1, 0.15) is 24.0 Å². The van der Waals surface area contributed by atoms with Crippen LogP contribution in [-0.2, 0) is 20.8 Å². The summed E-state index contributed by atoms with van der Waals surface area (Å²) in [4.78, 5) is 40.7. The first-order valence-corrected chi connectivity index (χ1v) is 9.28. The van der Waals surface area contributed by atoms with Crippen molar-refractivity contribution < 1.29 is 14.4 Å². The predicted octanol–water partition coefficient (Wildman–Crippen LogP) is 2.74. The number of nitrogens with zero attached hydrogens (tertiary/aromatic N) is 1. The molecular weight excluding hydrogens is 340 g/mol. The predicted molar refractivity (Wildman–Crippen MR) is 102 cm³/mol. The summed E-state index contributed by atoms with van der Waals surface area (Å²) >= 11 is 0. The third kappa shape index (κ3) is 2.93. The lowest BCUT2D eigenvalue weighted by Crippen LogP contribution is -2.47. The summed E-state index contributed by atoms with van der Waals surface area (Å²) in [6, 6.07) is 17.0. The van der Waals surface area contributed by atoms with Gasteiger partial charge in [-0.2, -0.15) is 0 Å². The van der Waals surface area contributed by atoms with E-state index in [4.69, 9.17) is 0 Å². The normalized spacial score (nSPS) is 24.2. The Morgan fingerprint density at radius 1 is 1.15 bits per heavy atom. The molecule has 2 amide bonds. The summed E-state index contributed by atoms with van der Waals surface area (Å²) in [5.74, 6) is -2.41. The highest BCUT2D eigenvalue weighted by Crippen LogP contribution is 2.42. The van der Waals surface area contributed by atoms with Crippen molar-refractivity contribution in [2.24, 2.45) is 5.92 Å². The van der Waals surface area contributed by atoms with E-state index in [2.05, 4.69) is 5.32 Å². The summed E-state index contributed by atoms with van der Waals surface area (Å²) in [7, 11) is 0. The molecule has 0 aliphatic carbocycles. The monoisotopic (exact) mass is 362 g/mol. The fraction of sp³-hybridized carbons (Fsp3) is 0.318. The number of anilines is 1. The van der Waals surface area contributed by atoms with Crippen LogP contribution in [0.2, 0.25) is 0 Å². The molecule has 27 heavy (non-hydrogen) atoms. The maximum atomic E-state index is 13.3. The van der Waals surface area contributed by atoms with Crippen molar-refractivity contribution in [2.75, 3.05) is 11.9 Å². The van der Waals surface area contributed by atoms with E-state index in [1.54, 1.807) is 11.0 Å². The van der Waals surface area contributed by atoms with Crippen LogP contribution in [0.3, 0.4) is 0 Å². The summed E-state index contributed by atoms with van der Waals surface area (Å²) in [5.41, 5.74) is 1.72. The van der Waals surface area contributed by atoms with E-state index in [0.29, 0.717) is 25.1 Å². The van der Waals surface area contributed by atoms with Crippen LogP contribution < -0.4 is 5.32 Å². The minimum absolute atomic E-state index is 0.265. The van der Waals surface area contributed by atoms with Gasteiger partial charge in [-0.05, 0) is 43.0 Å². The van der Waals surface area contributed by atoms with Crippen molar-refractivity contribution >= 4 is 23.3 Å². The standard InChI is InChI=1S/C22H22N2O3/c1-15-7-5-10-17(13-15)23-20(26)18-19(25)22(11-6-12-24(22)21(18)27)14-16-8-3-2-4-9-16/h2-5,7-10,13,18H,6,11-12,14H2,1H3,(H,23,26)/t18?,22-/m0/s1. The molecule has 138 valence electrons. The number of amides is 2. The zero-order chi connectivity index (χ0) is 19.0. The lowest BCUT2D eigenvalue weighted by molar-refractivity contribution is -0.137. The number of hydrogen-bond donors (Lipinski definition) is 1. The van der Waals surface area contributed by atoms with Crippen LogP contribution >= 0.6 is 0 Å². The van der Waals surface area contributed by atoms with Crippen molar-refractivity contribution in [3.05, 3.63) is 65.7 Å². The first-order chi connectivity index (χ1) is 13.0. The van der Waals surface area contributed by atoms with Gasteiger partial charge in [-0.3, -0.25) is 14.4 Å². The number of rotatable bonds is 4. The van der Waals surface area contributed by atoms with E-state index in [0.717, 1.165) is 17.5 Å². The molecule has 2 atom stereocenters. The van der Waals surface area contributed by atoms with Gasteiger partial charge in [-0.1, -0.05) is 42.5 Å². The van der Waals surface area contributed by atoms with Crippen LogP contribution in [0.25, 0.3) is 0 Å². The van der Waals surface area contributed by atoms with Crippen LogP contribution in [0.4, 0.5) is 5.69 Å². The molecule has 2 heterocycles. The summed E-state index contributed by atoms with van der Waals surface area (Å²) in [6.45, 7) is 2.46. The average molecular weight is 362 g/mol. The number of ketones is 1. The molecule has 2 fully saturated rings. The van der Waals surface area contributed by atoms with Gasteiger partial charge in [0, 0.05) is 18.7 Å². The van der Waals surface area contributed by atoms with E-state index >= 15 is 0 Å². The molecule has 0 saturated carbocycles. The summed E-state index contributed by atoms with van der Waals surface area (Å²) < 4.78 is 0. The van der Waals surface area contributed by atoms with Crippen molar-refractivity contribution in [3.8, 4) is 0 Å². The molecule has 0 spiro atoms. The average Bonchev–Trinajstić information content (AvgIpc) is 3.14. The Kier molecular flexibility index (Phi) is 4.30. The fourth-order valence-electron chi connectivity index (χ4n) is 4.37. The number of benzene rings is 2. The molecule has 0 radical (unpaired) electrons. The summed E-state index contributed by atoms with van der Waals surface area (Å²) in [6.07, 6.45) is 1.86. The van der Waals surface area contributed by atoms with Crippen LogP contribution in [0, 0.1) is 12.8 Å². The molecule has 1 N–H and O–H groups in total. The molecule has 4 rings (SSSR count). The molecule has 0 aromatic heterocycles. The molecule has 2 aromatic rings. The van der Waals surface area contributed by atoms with Gasteiger partial charge in [0.25, 0.3) is 0 Å². The molecule has 2 aliphatic rings. The Morgan fingerprint density at radius 3 is 2.67 bits per heavy atom. The Hall–Kier alpha value is -2.95. The number of Topliss-reactive ketones (excluding diaryl/α,β-unsaturated/α-hetero) is 1. The second kappa shape index (κ2) is 6.65. The van der Waals surface area contributed by atoms with Gasteiger partial charge in [0.1, 0.15) is 5.54 Å². The third-order valence-electron chi connectivity index (χ3n) is 5.61. The Balaban J connectivity index is 1.61. The van der Waals surface area contributed by atoms with E-state index in [-0.39, 0.29) is 11.7 Å². The van der Waals surface area contributed by atoms with Gasteiger partial charge in [-0.15, -0.1) is 0 Å². The maximum Gasteiger partial charge on any atom is 0.244 e. The number of nitrogens with one attached hydrogen (secondary N) is 1. The van der Waals surface area contributed by atoms with Crippen molar-refractivity contribution in [3.63, 3.8) is 0 Å². The largest absolute Gasteiger partial charge is 0.328 e. The number of fused-ring (bicyclic) bond motifs is 1. The quantitative estimate of drug-likeness (QED) is 0.851. The first kappa shape index (κ1) is 17.5. The van der Waals surface area contributed by atoms with Crippen LogP contribution in [0.5, 0.6) is 0 Å². The minimum atomic E-state index is -1.26. The molecule has 2 aliphatic heterocycles. The molecular formula is C22H22N2O3. The number of aryl methyl sites for hydroxylation is 1. The van der Waals surface area contributed by atoms with Crippen molar-refractivity contribution in [1.29, 1.82) is 0 Å². The van der Waals surface area contributed by atoms with E-state index < -0.39 is 17.4 Å². The van der Waals surface area contributed by atoms with E-state index in [1.807, 2.05) is 55.5 Å². The topological polar surface area (TPSA) is 66.5 Å². The highest BCUT2D eigenvalue weighted by Gasteiger charge is 2.62. The molecule has 5 heteroatoms. The number of carbonyl (C=O) groups excluding carboxylic acids is 3. The van der Waals surface area contributed by atoms with Gasteiger partial charge in [0.2, 0.25) is 11.8 Å². The van der Waals surface area contributed by atoms with Gasteiger partial charge in [-0.25, -0.2) is 0 Å². The van der Waals surface area contributed by atoms with E-state index in [9.17, 15) is 14.4 Å². The SMILES string of the molecule is Cc1cccc(NC(=O)C2C(=O)N3CCC[C@]3(Cc3ccccc3)C2=O)c1. The fourth-order valence-corrected chi connectivity index (χ4v) is 4.37. The zero-order valence-corrected chi connectivity index (χ0v) is 15.3. The number of hydrogen-bond acceptors (Lipinski definition) is 3. The maximum absolute atomic E-state index is 13.3. The first-order valence-electron chi connectivity index (χ1n) is 9.28. The Labute approximate surface area is 158 Å². The van der Waals surface area contributed by atoms with Gasteiger partial charge in [0.15, 0.2) is 11.7 Å². The molecule has 5 nitrogen and oxygen atoms in total. The molecule has 0 bridgehead atoms. The summed E-state index contributed by atoms with van der Waals surface area (Å²) in [5, 5.41) is 2.75. The van der Waals surface area contributed by atoms with Crippen molar-refractivity contribution in [2.45, 2.75) is 31.7 Å². The Bertz CT molecular complexity index is 909. The lowest BCUT2D eigenvalue weighted by atomic mass is 9.82. The number of carbonyl (C=O) groups is 3. The highest BCUT2D eigenvalue weighted by atomic mass is 16.2. The third-order valence-corrected chi connectivity index (χ3v) is 5.61. The minimum Gasteiger partial charge on any atom is -0.328 e. The zero-order valence-electron chi connectivity index (χ0n) is 15.3. The lowest BCUT2D eigenvalue weighted by Gasteiger charge is -2.30.